The molecule has 0 aliphatic carbocycles. The molecule has 0 radical (unpaired) electrons. The van der Waals surface area contributed by atoms with Gasteiger partial charge in [-0.2, -0.15) is 0 Å². The molecule has 1 aliphatic heterocycles. The Bertz CT molecular complexity index is 853. The molecule has 1 unspecified atom stereocenters. The largest absolute Gasteiger partial charge is 0.478 e. The number of benzene rings is 1. The second-order valence-corrected chi connectivity index (χ2v) is 5.91. The summed E-state index contributed by atoms with van der Waals surface area (Å²) in [6, 6.07) is 11.0. The summed E-state index contributed by atoms with van der Waals surface area (Å²) in [6.45, 7) is 2.10. The van der Waals surface area contributed by atoms with Gasteiger partial charge in [0.1, 0.15) is 0 Å². The van der Waals surface area contributed by atoms with E-state index in [9.17, 15) is 19.5 Å². The highest BCUT2D eigenvalue weighted by molar-refractivity contribution is 6.03. The number of aliphatic carboxylic acids is 1. The summed E-state index contributed by atoms with van der Waals surface area (Å²) in [5.74, 6) is -1.50. The minimum Gasteiger partial charge on any atom is -0.478 e. The van der Waals surface area contributed by atoms with Gasteiger partial charge in [0.05, 0.1) is 5.57 Å². The minimum atomic E-state index is -1.17. The van der Waals surface area contributed by atoms with Crippen molar-refractivity contribution < 1.29 is 19.5 Å². The molecule has 1 N–H and O–H groups in total. The van der Waals surface area contributed by atoms with Crippen molar-refractivity contribution in [2.24, 2.45) is 0 Å². The van der Waals surface area contributed by atoms with Crippen LogP contribution in [-0.2, 0) is 21.8 Å². The zero-order chi connectivity index (χ0) is 18.0. The van der Waals surface area contributed by atoms with Crippen molar-refractivity contribution in [3.8, 4) is 0 Å². The molecule has 0 fully saturated rings. The first-order chi connectivity index (χ1) is 12.0. The lowest BCUT2D eigenvalue weighted by Crippen LogP contribution is -2.50. The Morgan fingerprint density at radius 1 is 1.24 bits per heavy atom. The van der Waals surface area contributed by atoms with Crippen LogP contribution < -0.4 is 0 Å². The van der Waals surface area contributed by atoms with E-state index in [4.69, 9.17) is 0 Å². The second-order valence-electron chi connectivity index (χ2n) is 5.91. The lowest BCUT2D eigenvalue weighted by atomic mass is 9.96. The first kappa shape index (κ1) is 16.7. The van der Waals surface area contributed by atoms with Crippen LogP contribution in [0.25, 0.3) is 0 Å². The predicted octanol–water partition coefficient (Wildman–Crippen LogP) is 2.42. The van der Waals surface area contributed by atoms with E-state index < -0.39 is 11.6 Å². The van der Waals surface area contributed by atoms with Gasteiger partial charge in [-0.05, 0) is 18.1 Å². The van der Waals surface area contributed by atoms with E-state index in [1.165, 1.54) is 6.08 Å². The molecule has 6 nitrogen and oxygen atoms in total. The van der Waals surface area contributed by atoms with Gasteiger partial charge in [0.25, 0.3) is 0 Å². The predicted molar refractivity (Wildman–Crippen MR) is 90.8 cm³/mol. The zero-order valence-corrected chi connectivity index (χ0v) is 13.8. The Balaban J connectivity index is 2.13. The van der Waals surface area contributed by atoms with Crippen LogP contribution >= 0.6 is 0 Å². The third kappa shape index (κ3) is 2.65. The van der Waals surface area contributed by atoms with Crippen LogP contribution in [0, 0.1) is 0 Å². The normalized spacial score (nSPS) is 19.8. The summed E-state index contributed by atoms with van der Waals surface area (Å²) in [5.41, 5.74) is 0.164. The number of nitrogens with zero attached hydrogens (tertiary/aromatic N) is 2. The van der Waals surface area contributed by atoms with Gasteiger partial charge in [0.15, 0.2) is 11.9 Å². The fourth-order valence-electron chi connectivity index (χ4n) is 3.41. The fourth-order valence-corrected chi connectivity index (χ4v) is 3.41. The molecule has 0 saturated carbocycles. The first-order valence-corrected chi connectivity index (χ1v) is 7.97. The van der Waals surface area contributed by atoms with Gasteiger partial charge in [-0.3, -0.25) is 9.59 Å². The van der Waals surface area contributed by atoms with E-state index in [0.717, 1.165) is 5.56 Å². The number of aromatic nitrogens is 1. The Morgan fingerprint density at radius 2 is 1.96 bits per heavy atom. The van der Waals surface area contributed by atoms with Gasteiger partial charge in [-0.15, -0.1) is 0 Å². The Hall–Kier alpha value is -3.15. The van der Waals surface area contributed by atoms with Crippen LogP contribution in [0.15, 0.2) is 60.4 Å². The van der Waals surface area contributed by atoms with Crippen molar-refractivity contribution in [2.45, 2.75) is 25.6 Å². The summed E-state index contributed by atoms with van der Waals surface area (Å²) in [5, 5.41) is 9.68. The number of hydrogen-bond acceptors (Lipinski definition) is 3. The Morgan fingerprint density at radius 3 is 2.52 bits per heavy atom. The summed E-state index contributed by atoms with van der Waals surface area (Å²) in [7, 11) is 0. The molecule has 1 atom stereocenters. The maximum Gasteiger partial charge on any atom is 0.336 e. The lowest BCUT2D eigenvalue weighted by Gasteiger charge is -2.40. The van der Waals surface area contributed by atoms with Crippen LogP contribution in [-0.4, -0.2) is 32.7 Å². The standard InChI is InChI=1S/C19H18N2O4/c1-2-19(20-9-8-15(11-20)13-22)16(18(24)25)10-17(23)21(19)12-14-6-4-3-5-7-14/h3-11,13H,2,12H2,1H3,(H,24,25). The topological polar surface area (TPSA) is 79.6 Å². The molecule has 128 valence electrons. The molecule has 2 aromatic rings. The van der Waals surface area contributed by atoms with Crippen molar-refractivity contribution in [1.29, 1.82) is 0 Å². The molecule has 1 amide bonds. The van der Waals surface area contributed by atoms with E-state index in [-0.39, 0.29) is 18.0 Å². The Labute approximate surface area is 145 Å². The van der Waals surface area contributed by atoms with Gasteiger partial charge in [0.2, 0.25) is 5.91 Å². The summed E-state index contributed by atoms with van der Waals surface area (Å²) in [6.07, 6.45) is 5.44. The van der Waals surface area contributed by atoms with E-state index in [2.05, 4.69) is 0 Å². The van der Waals surface area contributed by atoms with E-state index >= 15 is 0 Å². The second kappa shape index (κ2) is 6.39. The van der Waals surface area contributed by atoms with E-state index in [0.29, 0.717) is 18.3 Å². The smallest absolute Gasteiger partial charge is 0.336 e. The molecule has 1 aromatic carbocycles. The van der Waals surface area contributed by atoms with Crippen molar-refractivity contribution in [3.63, 3.8) is 0 Å². The van der Waals surface area contributed by atoms with Gasteiger partial charge >= 0.3 is 5.97 Å². The number of amides is 1. The minimum absolute atomic E-state index is 0.00369. The molecule has 25 heavy (non-hydrogen) atoms. The molecule has 0 saturated heterocycles. The molecule has 2 heterocycles. The first-order valence-electron chi connectivity index (χ1n) is 7.97. The van der Waals surface area contributed by atoms with Crippen LogP contribution in [0.5, 0.6) is 0 Å². The van der Waals surface area contributed by atoms with Crippen molar-refractivity contribution in [1.82, 2.24) is 9.47 Å². The molecule has 0 spiro atoms. The number of hydrogen-bond donors (Lipinski definition) is 1. The maximum absolute atomic E-state index is 12.6. The lowest BCUT2D eigenvalue weighted by molar-refractivity contribution is -0.137. The quantitative estimate of drug-likeness (QED) is 0.820. The van der Waals surface area contributed by atoms with Crippen LogP contribution in [0.3, 0.4) is 0 Å². The van der Waals surface area contributed by atoms with Crippen LogP contribution in [0.1, 0.15) is 29.3 Å². The van der Waals surface area contributed by atoms with Crippen LogP contribution in [0.2, 0.25) is 0 Å². The molecule has 0 bridgehead atoms. The third-order valence-electron chi connectivity index (χ3n) is 4.60. The van der Waals surface area contributed by atoms with Gasteiger partial charge in [-0.25, -0.2) is 4.79 Å². The summed E-state index contributed by atoms with van der Waals surface area (Å²) >= 11 is 0. The van der Waals surface area contributed by atoms with Crippen molar-refractivity contribution in [2.75, 3.05) is 0 Å². The van der Waals surface area contributed by atoms with Crippen molar-refractivity contribution in [3.05, 3.63) is 71.6 Å². The maximum atomic E-state index is 12.6. The number of carboxylic acid groups (broad SMARTS) is 1. The third-order valence-corrected chi connectivity index (χ3v) is 4.60. The number of rotatable bonds is 6. The van der Waals surface area contributed by atoms with Gasteiger partial charge in [-0.1, -0.05) is 37.3 Å². The molecule has 3 rings (SSSR count). The molecular weight excluding hydrogens is 320 g/mol. The van der Waals surface area contributed by atoms with Crippen LogP contribution in [0.4, 0.5) is 0 Å². The van der Waals surface area contributed by atoms with E-state index in [1.807, 2.05) is 37.3 Å². The highest BCUT2D eigenvalue weighted by atomic mass is 16.4. The van der Waals surface area contributed by atoms with Crippen molar-refractivity contribution >= 4 is 18.2 Å². The summed E-state index contributed by atoms with van der Waals surface area (Å²) in [4.78, 5) is 37.1. The fraction of sp³-hybridized carbons (Fsp3) is 0.211. The van der Waals surface area contributed by atoms with Gasteiger partial charge < -0.3 is 14.6 Å². The molecule has 1 aliphatic rings. The number of carboxylic acids is 1. The average molecular weight is 338 g/mol. The number of aldehydes is 1. The molecule has 6 heteroatoms. The highest BCUT2D eigenvalue weighted by Crippen LogP contribution is 2.40. The molecular formula is C19H18N2O4. The summed E-state index contributed by atoms with van der Waals surface area (Å²) < 4.78 is 1.64. The Kier molecular flexibility index (Phi) is 4.27. The molecule has 1 aromatic heterocycles. The highest BCUT2D eigenvalue weighted by Gasteiger charge is 2.50. The monoisotopic (exact) mass is 338 g/mol. The van der Waals surface area contributed by atoms with E-state index in [1.54, 1.807) is 27.9 Å². The number of carbonyl (C=O) groups excluding carboxylic acids is 2. The zero-order valence-electron chi connectivity index (χ0n) is 13.8. The number of carbonyl (C=O) groups is 3. The van der Waals surface area contributed by atoms with Gasteiger partial charge in [0, 0.05) is 30.6 Å². The SMILES string of the molecule is CCC1(n2ccc(C=O)c2)C(C(=O)O)=CC(=O)N1Cc1ccccc1. The average Bonchev–Trinajstić information content (AvgIpc) is 3.20.